The Balaban J connectivity index is 2.41. The summed E-state index contributed by atoms with van der Waals surface area (Å²) >= 11 is 6.07. The number of anilines is 2. The summed E-state index contributed by atoms with van der Waals surface area (Å²) in [7, 11) is 0. The molecule has 0 saturated carbocycles. The van der Waals surface area contributed by atoms with Gasteiger partial charge in [-0.15, -0.1) is 0 Å². The number of nitrogens with zero attached hydrogens (tertiary/aromatic N) is 1. The first-order valence-corrected chi connectivity index (χ1v) is 6.02. The minimum absolute atomic E-state index is 0.634. The Morgan fingerprint density at radius 3 is 2.61 bits per heavy atom. The summed E-state index contributed by atoms with van der Waals surface area (Å²) in [5, 5.41) is 13.1. The van der Waals surface area contributed by atoms with Crippen LogP contribution in [0.2, 0.25) is 5.02 Å². The lowest BCUT2D eigenvalue weighted by Gasteiger charge is -2.12. The lowest BCUT2D eigenvalue weighted by Crippen LogP contribution is -1.96. The predicted molar refractivity (Wildman–Crippen MR) is 75.4 cm³/mol. The SMILES string of the molecule is Cc1ccc(Nc2cccc(Cl)c2C)c(C#N)c1. The summed E-state index contributed by atoms with van der Waals surface area (Å²) in [6, 6.07) is 13.6. The monoisotopic (exact) mass is 256 g/mol. The van der Waals surface area contributed by atoms with Crippen molar-refractivity contribution in [2.45, 2.75) is 13.8 Å². The molecule has 90 valence electrons. The molecule has 0 unspecified atom stereocenters. The third-order valence-electron chi connectivity index (χ3n) is 2.83. The first-order chi connectivity index (χ1) is 8.61. The largest absolute Gasteiger partial charge is 0.354 e. The van der Waals surface area contributed by atoms with Gasteiger partial charge in [-0.2, -0.15) is 5.26 Å². The van der Waals surface area contributed by atoms with E-state index in [9.17, 15) is 0 Å². The van der Waals surface area contributed by atoms with Crippen LogP contribution in [0.25, 0.3) is 0 Å². The topological polar surface area (TPSA) is 35.8 Å². The van der Waals surface area contributed by atoms with Crippen LogP contribution in [0.1, 0.15) is 16.7 Å². The fraction of sp³-hybridized carbons (Fsp3) is 0.133. The fourth-order valence-electron chi connectivity index (χ4n) is 1.75. The minimum atomic E-state index is 0.634. The number of nitriles is 1. The Labute approximate surface area is 112 Å². The molecule has 0 amide bonds. The molecule has 2 aromatic rings. The zero-order valence-corrected chi connectivity index (χ0v) is 11.0. The van der Waals surface area contributed by atoms with Crippen LogP contribution in [-0.2, 0) is 0 Å². The van der Waals surface area contributed by atoms with Crippen molar-refractivity contribution >= 4 is 23.0 Å². The van der Waals surface area contributed by atoms with Gasteiger partial charge in [0.25, 0.3) is 0 Å². The zero-order valence-electron chi connectivity index (χ0n) is 10.3. The summed E-state index contributed by atoms with van der Waals surface area (Å²) in [6.45, 7) is 3.92. The second-order valence-electron chi connectivity index (χ2n) is 4.20. The minimum Gasteiger partial charge on any atom is -0.354 e. The van der Waals surface area contributed by atoms with Crippen LogP contribution < -0.4 is 5.32 Å². The summed E-state index contributed by atoms with van der Waals surface area (Å²) in [6.07, 6.45) is 0. The van der Waals surface area contributed by atoms with Crippen molar-refractivity contribution in [3.63, 3.8) is 0 Å². The highest BCUT2D eigenvalue weighted by Gasteiger charge is 2.06. The van der Waals surface area contributed by atoms with Crippen LogP contribution >= 0.6 is 11.6 Å². The second-order valence-corrected chi connectivity index (χ2v) is 4.61. The number of nitrogens with one attached hydrogen (secondary N) is 1. The van der Waals surface area contributed by atoms with E-state index in [4.69, 9.17) is 16.9 Å². The van der Waals surface area contributed by atoms with Crippen molar-refractivity contribution in [2.24, 2.45) is 0 Å². The molecule has 2 nitrogen and oxygen atoms in total. The molecule has 0 radical (unpaired) electrons. The molecule has 0 aromatic heterocycles. The second kappa shape index (κ2) is 5.12. The highest BCUT2D eigenvalue weighted by atomic mass is 35.5. The third kappa shape index (κ3) is 2.47. The van der Waals surface area contributed by atoms with E-state index >= 15 is 0 Å². The van der Waals surface area contributed by atoms with Gasteiger partial charge in [0.2, 0.25) is 0 Å². The number of halogens is 1. The molecule has 0 spiro atoms. The molecule has 3 heteroatoms. The number of aryl methyl sites for hydroxylation is 1. The van der Waals surface area contributed by atoms with Crippen molar-refractivity contribution in [2.75, 3.05) is 5.32 Å². The number of hydrogen-bond donors (Lipinski definition) is 1. The first kappa shape index (κ1) is 12.5. The van der Waals surface area contributed by atoms with Crippen LogP contribution in [-0.4, -0.2) is 0 Å². The van der Waals surface area contributed by atoms with Gasteiger partial charge in [-0.05, 0) is 49.2 Å². The molecule has 0 aliphatic heterocycles. The molecule has 0 heterocycles. The molecule has 2 aromatic carbocycles. The highest BCUT2D eigenvalue weighted by molar-refractivity contribution is 6.31. The lowest BCUT2D eigenvalue weighted by molar-refractivity contribution is 1.38. The molecule has 0 aliphatic carbocycles. The average Bonchev–Trinajstić information content (AvgIpc) is 2.37. The molecular formula is C15H13ClN2. The standard InChI is InChI=1S/C15H13ClN2/c1-10-6-7-15(12(8-10)9-17)18-14-5-3-4-13(16)11(14)2/h3-8,18H,1-2H3. The predicted octanol–water partition coefficient (Wildman–Crippen LogP) is 4.57. The maximum Gasteiger partial charge on any atom is 0.101 e. The van der Waals surface area contributed by atoms with Crippen molar-refractivity contribution < 1.29 is 0 Å². The molecule has 1 N–H and O–H groups in total. The summed E-state index contributed by atoms with van der Waals surface area (Å²) in [4.78, 5) is 0. The van der Waals surface area contributed by atoms with Gasteiger partial charge in [-0.25, -0.2) is 0 Å². The normalized spacial score (nSPS) is 9.89. The number of hydrogen-bond acceptors (Lipinski definition) is 2. The van der Waals surface area contributed by atoms with Gasteiger partial charge >= 0.3 is 0 Å². The Morgan fingerprint density at radius 1 is 1.11 bits per heavy atom. The van der Waals surface area contributed by atoms with E-state index in [2.05, 4.69) is 11.4 Å². The Hall–Kier alpha value is -1.98. The lowest BCUT2D eigenvalue weighted by atomic mass is 10.1. The van der Waals surface area contributed by atoms with Gasteiger partial charge < -0.3 is 5.32 Å². The van der Waals surface area contributed by atoms with E-state index in [1.807, 2.05) is 50.2 Å². The smallest absolute Gasteiger partial charge is 0.101 e. The van der Waals surface area contributed by atoms with E-state index in [-0.39, 0.29) is 0 Å². The summed E-state index contributed by atoms with van der Waals surface area (Å²) < 4.78 is 0. The van der Waals surface area contributed by atoms with Crippen LogP contribution in [0, 0.1) is 25.2 Å². The van der Waals surface area contributed by atoms with Gasteiger partial charge in [0.1, 0.15) is 6.07 Å². The fourth-order valence-corrected chi connectivity index (χ4v) is 1.92. The van der Waals surface area contributed by atoms with E-state index in [0.717, 1.165) is 22.5 Å². The zero-order chi connectivity index (χ0) is 13.1. The van der Waals surface area contributed by atoms with Gasteiger partial charge in [-0.1, -0.05) is 23.7 Å². The van der Waals surface area contributed by atoms with Crippen LogP contribution in [0.5, 0.6) is 0 Å². The molecular weight excluding hydrogens is 244 g/mol. The molecule has 0 aliphatic rings. The van der Waals surface area contributed by atoms with Gasteiger partial charge in [0.15, 0.2) is 0 Å². The number of rotatable bonds is 2. The molecule has 0 bridgehead atoms. The summed E-state index contributed by atoms with van der Waals surface area (Å²) in [5.41, 5.74) is 4.40. The Bertz CT molecular complexity index is 627. The number of benzene rings is 2. The van der Waals surface area contributed by atoms with Gasteiger partial charge in [0, 0.05) is 10.7 Å². The maximum absolute atomic E-state index is 9.13. The molecule has 0 saturated heterocycles. The first-order valence-electron chi connectivity index (χ1n) is 5.64. The van der Waals surface area contributed by atoms with Crippen LogP contribution in [0.15, 0.2) is 36.4 Å². The van der Waals surface area contributed by atoms with E-state index in [0.29, 0.717) is 10.6 Å². The molecule has 0 fully saturated rings. The Morgan fingerprint density at radius 2 is 1.89 bits per heavy atom. The average molecular weight is 257 g/mol. The Kier molecular flexibility index (Phi) is 3.55. The van der Waals surface area contributed by atoms with Crippen LogP contribution in [0.4, 0.5) is 11.4 Å². The van der Waals surface area contributed by atoms with E-state index < -0.39 is 0 Å². The maximum atomic E-state index is 9.13. The van der Waals surface area contributed by atoms with Crippen molar-refractivity contribution in [3.8, 4) is 6.07 Å². The van der Waals surface area contributed by atoms with Gasteiger partial charge in [0.05, 0.1) is 11.3 Å². The van der Waals surface area contributed by atoms with E-state index in [1.165, 1.54) is 0 Å². The molecule has 2 rings (SSSR count). The molecule has 0 atom stereocenters. The molecule has 18 heavy (non-hydrogen) atoms. The van der Waals surface area contributed by atoms with Gasteiger partial charge in [-0.3, -0.25) is 0 Å². The quantitative estimate of drug-likeness (QED) is 0.854. The van der Waals surface area contributed by atoms with Crippen molar-refractivity contribution in [1.82, 2.24) is 0 Å². The highest BCUT2D eigenvalue weighted by Crippen LogP contribution is 2.27. The van der Waals surface area contributed by atoms with E-state index in [1.54, 1.807) is 0 Å². The van der Waals surface area contributed by atoms with Crippen molar-refractivity contribution in [3.05, 3.63) is 58.1 Å². The summed E-state index contributed by atoms with van der Waals surface area (Å²) in [5.74, 6) is 0. The van der Waals surface area contributed by atoms with Crippen molar-refractivity contribution in [1.29, 1.82) is 5.26 Å². The third-order valence-corrected chi connectivity index (χ3v) is 3.24. The van der Waals surface area contributed by atoms with Crippen LogP contribution in [0.3, 0.4) is 0 Å².